The van der Waals surface area contributed by atoms with Crippen molar-refractivity contribution in [2.24, 2.45) is 0 Å². The Kier molecular flexibility index (Phi) is 5.80. The van der Waals surface area contributed by atoms with E-state index >= 15 is 0 Å². The fraction of sp³-hybridized carbons (Fsp3) is 0.429. The summed E-state index contributed by atoms with van der Waals surface area (Å²) in [5, 5.41) is 4.69. The zero-order valence-electron chi connectivity index (χ0n) is 14.4. The molecule has 1 aliphatic carbocycles. The highest BCUT2D eigenvalue weighted by molar-refractivity contribution is 6.30. The third-order valence-corrected chi connectivity index (χ3v) is 5.37. The Hall–Kier alpha value is -1.51. The summed E-state index contributed by atoms with van der Waals surface area (Å²) in [5.74, 6) is 0. The van der Waals surface area contributed by atoms with Crippen LogP contribution in [-0.2, 0) is 19.3 Å². The van der Waals surface area contributed by atoms with E-state index in [2.05, 4.69) is 36.5 Å². The molecule has 2 aromatic carbocycles. The Morgan fingerprint density at radius 2 is 1.96 bits per heavy atom. The number of halogens is 1. The molecular formula is C21H27ClN2. The number of nitrogens with two attached hydrogens (primary N) is 1. The van der Waals surface area contributed by atoms with Crippen LogP contribution in [0.1, 0.15) is 42.9 Å². The van der Waals surface area contributed by atoms with Gasteiger partial charge in [0.2, 0.25) is 0 Å². The lowest BCUT2D eigenvalue weighted by Crippen LogP contribution is -2.41. The van der Waals surface area contributed by atoms with Gasteiger partial charge in [0, 0.05) is 22.8 Å². The lowest BCUT2D eigenvalue weighted by molar-refractivity contribution is 0.371. The molecule has 2 atom stereocenters. The summed E-state index contributed by atoms with van der Waals surface area (Å²) in [6, 6.07) is 15.7. The van der Waals surface area contributed by atoms with Crippen LogP contribution < -0.4 is 11.1 Å². The van der Waals surface area contributed by atoms with Crippen LogP contribution in [0.4, 0.5) is 5.69 Å². The maximum absolute atomic E-state index is 5.96. The molecule has 0 bridgehead atoms. The van der Waals surface area contributed by atoms with Crippen molar-refractivity contribution in [3.8, 4) is 0 Å². The maximum Gasteiger partial charge on any atom is 0.0406 e. The van der Waals surface area contributed by atoms with E-state index in [9.17, 15) is 0 Å². The van der Waals surface area contributed by atoms with E-state index in [0.29, 0.717) is 12.1 Å². The number of nitrogen functional groups attached to an aromatic ring is 1. The number of hydrogen-bond acceptors (Lipinski definition) is 2. The van der Waals surface area contributed by atoms with Gasteiger partial charge < -0.3 is 11.1 Å². The van der Waals surface area contributed by atoms with Crippen LogP contribution in [0.5, 0.6) is 0 Å². The van der Waals surface area contributed by atoms with Crippen molar-refractivity contribution in [2.75, 3.05) is 5.73 Å². The van der Waals surface area contributed by atoms with Crippen LogP contribution in [0.2, 0.25) is 5.02 Å². The lowest BCUT2D eigenvalue weighted by Gasteiger charge is -2.30. The van der Waals surface area contributed by atoms with Gasteiger partial charge in [0.1, 0.15) is 0 Å². The van der Waals surface area contributed by atoms with E-state index in [4.69, 9.17) is 17.3 Å². The second-order valence-corrected chi connectivity index (χ2v) is 7.34. The molecule has 0 spiro atoms. The molecule has 2 unspecified atom stereocenters. The van der Waals surface area contributed by atoms with Crippen LogP contribution in [0.25, 0.3) is 0 Å². The molecule has 1 aliphatic rings. The van der Waals surface area contributed by atoms with Gasteiger partial charge in [-0.3, -0.25) is 0 Å². The Morgan fingerprint density at radius 3 is 2.71 bits per heavy atom. The minimum atomic E-state index is 0.563. The highest BCUT2D eigenvalue weighted by Crippen LogP contribution is 2.24. The van der Waals surface area contributed by atoms with Crippen molar-refractivity contribution >= 4 is 17.3 Å². The van der Waals surface area contributed by atoms with Gasteiger partial charge in [-0.1, -0.05) is 36.7 Å². The molecule has 3 heteroatoms. The Morgan fingerprint density at radius 1 is 1.17 bits per heavy atom. The summed E-state index contributed by atoms with van der Waals surface area (Å²) in [5.41, 5.74) is 11.1. The van der Waals surface area contributed by atoms with E-state index in [1.807, 2.05) is 18.2 Å². The molecule has 0 saturated heterocycles. The molecule has 128 valence electrons. The molecule has 0 saturated carbocycles. The third-order valence-electron chi connectivity index (χ3n) is 5.12. The first-order chi connectivity index (χ1) is 11.6. The summed E-state index contributed by atoms with van der Waals surface area (Å²) in [6.07, 6.45) is 6.89. The van der Waals surface area contributed by atoms with Gasteiger partial charge in [0.15, 0.2) is 0 Å². The van der Waals surface area contributed by atoms with E-state index < -0.39 is 0 Å². The molecule has 0 aliphatic heterocycles. The smallest absolute Gasteiger partial charge is 0.0406 e. The molecule has 0 heterocycles. The van der Waals surface area contributed by atoms with Crippen LogP contribution in [0.15, 0.2) is 42.5 Å². The lowest BCUT2D eigenvalue weighted by atomic mass is 9.87. The maximum atomic E-state index is 5.96. The van der Waals surface area contributed by atoms with Gasteiger partial charge in [0.05, 0.1) is 0 Å². The van der Waals surface area contributed by atoms with Gasteiger partial charge in [-0.2, -0.15) is 0 Å². The fourth-order valence-corrected chi connectivity index (χ4v) is 3.78. The third kappa shape index (κ3) is 4.52. The number of aryl methyl sites for hydroxylation is 2. The summed E-state index contributed by atoms with van der Waals surface area (Å²) in [4.78, 5) is 0. The van der Waals surface area contributed by atoms with Crippen molar-refractivity contribution in [3.63, 3.8) is 0 Å². The second-order valence-electron chi connectivity index (χ2n) is 6.90. The van der Waals surface area contributed by atoms with E-state index in [1.54, 1.807) is 0 Å². The first-order valence-electron chi connectivity index (χ1n) is 9.02. The van der Waals surface area contributed by atoms with Crippen LogP contribution in [0.3, 0.4) is 0 Å². The zero-order valence-corrected chi connectivity index (χ0v) is 15.2. The number of benzene rings is 2. The number of rotatable bonds is 6. The monoisotopic (exact) mass is 342 g/mol. The van der Waals surface area contributed by atoms with Gasteiger partial charge in [-0.05, 0) is 79.5 Å². The van der Waals surface area contributed by atoms with Crippen molar-refractivity contribution in [2.45, 2.75) is 57.5 Å². The minimum Gasteiger partial charge on any atom is -0.399 e. The van der Waals surface area contributed by atoms with Gasteiger partial charge in [-0.25, -0.2) is 0 Å². The van der Waals surface area contributed by atoms with Crippen LogP contribution in [-0.4, -0.2) is 12.1 Å². The normalized spacial score (nSPS) is 18.2. The quantitative estimate of drug-likeness (QED) is 0.741. The standard InChI is InChI=1S/C21H27ClN2/c1-2-20(11-5-15-3-8-18(22)9-4-15)24-21-12-7-16-6-10-19(23)13-17(16)14-21/h3-4,6,8-10,13,20-21,24H,2,5,7,11-12,14,23H2,1H3. The van der Waals surface area contributed by atoms with E-state index in [-0.39, 0.29) is 0 Å². The van der Waals surface area contributed by atoms with Gasteiger partial charge >= 0.3 is 0 Å². The molecule has 0 fully saturated rings. The van der Waals surface area contributed by atoms with Crippen molar-refractivity contribution in [1.82, 2.24) is 5.32 Å². The summed E-state index contributed by atoms with van der Waals surface area (Å²) in [7, 11) is 0. The minimum absolute atomic E-state index is 0.563. The Labute approximate surface area is 150 Å². The molecular weight excluding hydrogens is 316 g/mol. The van der Waals surface area contributed by atoms with E-state index in [0.717, 1.165) is 36.4 Å². The number of hydrogen-bond donors (Lipinski definition) is 2. The van der Waals surface area contributed by atoms with Crippen molar-refractivity contribution in [1.29, 1.82) is 0 Å². The van der Waals surface area contributed by atoms with Gasteiger partial charge in [0.25, 0.3) is 0 Å². The number of anilines is 1. The molecule has 2 aromatic rings. The predicted octanol–water partition coefficient (Wildman–Crippen LogP) is 4.78. The number of nitrogens with one attached hydrogen (secondary N) is 1. The molecule has 0 aromatic heterocycles. The zero-order chi connectivity index (χ0) is 16.9. The highest BCUT2D eigenvalue weighted by Gasteiger charge is 2.20. The van der Waals surface area contributed by atoms with E-state index in [1.165, 1.54) is 29.5 Å². The van der Waals surface area contributed by atoms with Crippen LogP contribution in [0, 0.1) is 0 Å². The predicted molar refractivity (Wildman–Crippen MR) is 104 cm³/mol. The largest absolute Gasteiger partial charge is 0.399 e. The average Bonchev–Trinajstić information content (AvgIpc) is 2.59. The van der Waals surface area contributed by atoms with Crippen molar-refractivity contribution < 1.29 is 0 Å². The first kappa shape index (κ1) is 17.3. The molecule has 2 nitrogen and oxygen atoms in total. The molecule has 0 radical (unpaired) electrons. The molecule has 3 N–H and O–H groups in total. The Bertz CT molecular complexity index is 666. The topological polar surface area (TPSA) is 38.0 Å². The van der Waals surface area contributed by atoms with Crippen molar-refractivity contribution in [3.05, 3.63) is 64.2 Å². The number of fused-ring (bicyclic) bond motifs is 1. The molecule has 0 amide bonds. The summed E-state index contributed by atoms with van der Waals surface area (Å²) < 4.78 is 0. The van der Waals surface area contributed by atoms with Crippen LogP contribution >= 0.6 is 11.6 Å². The van der Waals surface area contributed by atoms with Gasteiger partial charge in [-0.15, -0.1) is 0 Å². The highest BCUT2D eigenvalue weighted by atomic mass is 35.5. The fourth-order valence-electron chi connectivity index (χ4n) is 3.65. The SMILES string of the molecule is CCC(CCc1ccc(Cl)cc1)NC1CCc2ccc(N)cc2C1. The molecule has 24 heavy (non-hydrogen) atoms. The summed E-state index contributed by atoms with van der Waals surface area (Å²) in [6.45, 7) is 2.27. The molecule has 3 rings (SSSR count). The summed E-state index contributed by atoms with van der Waals surface area (Å²) >= 11 is 5.96. The average molecular weight is 343 g/mol. The second kappa shape index (κ2) is 8.04. The first-order valence-corrected chi connectivity index (χ1v) is 9.39. The Balaban J connectivity index is 1.54.